The Morgan fingerprint density at radius 1 is 1.25 bits per heavy atom. The molecule has 3 rings (SSSR count). The lowest BCUT2D eigenvalue weighted by Crippen LogP contribution is -2.52. The first kappa shape index (κ1) is 29.0. The van der Waals surface area contributed by atoms with Gasteiger partial charge in [-0.3, -0.25) is 9.59 Å². The Bertz CT molecular complexity index is 1130. The zero-order valence-corrected chi connectivity index (χ0v) is 19.5. The van der Waals surface area contributed by atoms with Gasteiger partial charge in [0.1, 0.15) is 12.4 Å². The fourth-order valence-corrected chi connectivity index (χ4v) is 3.47. The summed E-state index contributed by atoms with van der Waals surface area (Å²) in [6, 6.07) is 0.390. The van der Waals surface area contributed by atoms with Crippen molar-refractivity contribution in [2.75, 3.05) is 13.2 Å². The number of hydrogen-bond acceptors (Lipinski definition) is 6. The van der Waals surface area contributed by atoms with E-state index in [9.17, 15) is 35.9 Å². The molecule has 0 spiro atoms. The number of nitrogens with two attached hydrogens (primary N) is 1. The number of alkyl halides is 3. The van der Waals surface area contributed by atoms with Gasteiger partial charge in [-0.15, -0.1) is 0 Å². The van der Waals surface area contributed by atoms with Crippen molar-refractivity contribution >= 4 is 29.9 Å². The Kier molecular flexibility index (Phi) is 9.81. The number of carbonyl (C=O) groups is 3. The molecule has 2 aromatic rings. The maximum absolute atomic E-state index is 13.8. The first-order valence-electron chi connectivity index (χ1n) is 10.3. The van der Waals surface area contributed by atoms with Crippen LogP contribution in [-0.4, -0.2) is 58.3 Å². The van der Waals surface area contributed by atoms with Gasteiger partial charge in [-0.05, 0) is 36.6 Å². The second-order valence-electron chi connectivity index (χ2n) is 7.45. The number of aromatic nitrogens is 3. The Balaban J connectivity index is 0.000000678. The zero-order valence-electron chi connectivity index (χ0n) is 18.7. The normalized spacial score (nSPS) is 13.9. The van der Waals surface area contributed by atoms with E-state index in [-0.39, 0.29) is 42.7 Å². The number of benzene rings is 1. The molecule has 36 heavy (non-hydrogen) atoms. The van der Waals surface area contributed by atoms with Gasteiger partial charge >= 0.3 is 17.6 Å². The maximum Gasteiger partial charge on any atom is 0.514 e. The van der Waals surface area contributed by atoms with Crippen molar-refractivity contribution in [2.45, 2.75) is 45.1 Å². The van der Waals surface area contributed by atoms with E-state index in [4.69, 9.17) is 26.9 Å². The van der Waals surface area contributed by atoms with Crippen molar-refractivity contribution in [3.05, 3.63) is 46.3 Å². The van der Waals surface area contributed by atoms with Gasteiger partial charge in [0.05, 0.1) is 24.8 Å². The number of rotatable bonds is 5. The monoisotopic (exact) mass is 544 g/mol. The van der Waals surface area contributed by atoms with Crippen LogP contribution >= 0.6 is 11.6 Å². The van der Waals surface area contributed by atoms with Gasteiger partial charge in [-0.2, -0.15) is 13.2 Å². The van der Waals surface area contributed by atoms with E-state index in [0.717, 1.165) is 10.7 Å². The van der Waals surface area contributed by atoms with Crippen LogP contribution in [0.2, 0.25) is 5.28 Å². The van der Waals surface area contributed by atoms with Crippen LogP contribution in [0.4, 0.5) is 31.1 Å². The molecule has 0 saturated carbocycles. The third-order valence-corrected chi connectivity index (χ3v) is 5.15. The highest BCUT2D eigenvalue weighted by atomic mass is 35.5. The van der Waals surface area contributed by atoms with Crippen LogP contribution in [0.3, 0.4) is 0 Å². The first-order chi connectivity index (χ1) is 16.8. The smallest absolute Gasteiger partial charge is 0.435 e. The summed E-state index contributed by atoms with van der Waals surface area (Å²) in [6.07, 6.45) is -6.69. The zero-order chi connectivity index (χ0) is 27.2. The molecule has 1 aliphatic rings. The van der Waals surface area contributed by atoms with E-state index in [1.807, 2.05) is 0 Å². The van der Waals surface area contributed by atoms with Crippen molar-refractivity contribution in [3.63, 3.8) is 0 Å². The van der Waals surface area contributed by atoms with E-state index in [2.05, 4.69) is 5.10 Å². The second kappa shape index (κ2) is 12.2. The molecule has 1 amide bonds. The third-order valence-electron chi connectivity index (χ3n) is 4.79. The van der Waals surface area contributed by atoms with Crippen molar-refractivity contribution in [1.82, 2.24) is 14.7 Å². The summed E-state index contributed by atoms with van der Waals surface area (Å²) in [5.74, 6) is -3.32. The molecule has 0 aliphatic carbocycles. The lowest BCUT2D eigenvalue weighted by Gasteiger charge is -2.25. The molecule has 1 aromatic carbocycles. The van der Waals surface area contributed by atoms with Gasteiger partial charge in [-0.1, -0.05) is 0 Å². The van der Waals surface area contributed by atoms with Crippen molar-refractivity contribution < 1.29 is 50.0 Å². The molecule has 1 aliphatic heterocycles. The molecule has 2 N–H and O–H groups in total. The first-order valence-corrected chi connectivity index (χ1v) is 10.7. The Hall–Kier alpha value is -3.20. The number of halogens is 7. The molecule has 198 valence electrons. The summed E-state index contributed by atoms with van der Waals surface area (Å²) < 4.78 is 78.8. The van der Waals surface area contributed by atoms with E-state index in [0.29, 0.717) is 25.0 Å². The van der Waals surface area contributed by atoms with E-state index in [1.54, 1.807) is 11.5 Å². The fraction of sp³-hybridized carbons (Fsp3) is 0.450. The Morgan fingerprint density at radius 3 is 2.44 bits per heavy atom. The lowest BCUT2D eigenvalue weighted by atomic mass is 10.0. The SMILES string of the molecule is CCOC(=O)n1nc2[n+](c1Cl)CCN(C(=O)C[C@H](N)Cc1cc(F)c(F)cc1F)C2.O=CC(F)(F)F. The topological polar surface area (TPSA) is 111 Å². The number of carbonyl (C=O) groups excluding carboxylic acids is 3. The van der Waals surface area contributed by atoms with Crippen LogP contribution in [0.25, 0.3) is 0 Å². The lowest BCUT2D eigenvalue weighted by molar-refractivity contribution is -0.709. The molecule has 1 atom stereocenters. The number of fused-ring (bicyclic) bond motifs is 1. The van der Waals surface area contributed by atoms with E-state index >= 15 is 0 Å². The van der Waals surface area contributed by atoms with E-state index < -0.39 is 42.0 Å². The number of aldehydes is 1. The molecule has 0 fully saturated rings. The average Bonchev–Trinajstić information content (AvgIpc) is 3.13. The van der Waals surface area contributed by atoms with Gasteiger partial charge < -0.3 is 15.4 Å². The van der Waals surface area contributed by atoms with Crippen LogP contribution in [0.5, 0.6) is 0 Å². The van der Waals surface area contributed by atoms with Crippen molar-refractivity contribution in [2.24, 2.45) is 5.73 Å². The Labute approximate surface area is 205 Å². The highest BCUT2D eigenvalue weighted by Gasteiger charge is 2.35. The summed E-state index contributed by atoms with van der Waals surface area (Å²) in [5.41, 5.74) is 5.82. The van der Waals surface area contributed by atoms with Crippen molar-refractivity contribution in [3.8, 4) is 0 Å². The van der Waals surface area contributed by atoms with Gasteiger partial charge in [-0.25, -0.2) is 22.5 Å². The molecule has 0 saturated heterocycles. The maximum atomic E-state index is 13.8. The standard InChI is InChI=1S/C18H20ClF3N5O3.C2HF3O/c1-2-30-18(29)27-17(19)26-4-3-25(9-15(26)24-27)16(28)7-11(23)5-10-6-13(21)14(22)8-12(10)20;3-2(4,5)1-6/h6,8,11H,2-5,7,9,23H2,1H3;1H/q+1;/t11-;/m1./s1. The minimum absolute atomic E-state index is 0.0704. The summed E-state index contributed by atoms with van der Waals surface area (Å²) in [4.78, 5) is 34.7. The van der Waals surface area contributed by atoms with Crippen LogP contribution in [0.1, 0.15) is 24.7 Å². The minimum Gasteiger partial charge on any atom is -0.435 e. The van der Waals surface area contributed by atoms with Crippen molar-refractivity contribution in [1.29, 1.82) is 0 Å². The molecule has 2 heterocycles. The molecule has 0 unspecified atom stereocenters. The number of ether oxygens (including phenoxy) is 1. The molecule has 0 bridgehead atoms. The molecule has 16 heteroatoms. The van der Waals surface area contributed by atoms with Crippen LogP contribution in [0.15, 0.2) is 12.1 Å². The molecule has 9 nitrogen and oxygen atoms in total. The quantitative estimate of drug-likeness (QED) is 0.268. The summed E-state index contributed by atoms with van der Waals surface area (Å²) in [7, 11) is 0. The molecular weight excluding hydrogens is 524 g/mol. The third kappa shape index (κ3) is 7.65. The highest BCUT2D eigenvalue weighted by Crippen LogP contribution is 2.17. The molecule has 1 aromatic heterocycles. The summed E-state index contributed by atoms with van der Waals surface area (Å²) in [6.45, 7) is 2.52. The number of amides is 1. The fourth-order valence-electron chi connectivity index (χ4n) is 3.18. The van der Waals surface area contributed by atoms with Crippen LogP contribution < -0.4 is 10.3 Å². The largest absolute Gasteiger partial charge is 0.514 e. The van der Waals surface area contributed by atoms with Crippen LogP contribution in [-0.2, 0) is 33.8 Å². The van der Waals surface area contributed by atoms with E-state index in [1.165, 1.54) is 4.90 Å². The highest BCUT2D eigenvalue weighted by molar-refractivity contribution is 6.28. The van der Waals surface area contributed by atoms with Gasteiger partial charge in [0.15, 0.2) is 11.6 Å². The Morgan fingerprint density at radius 2 is 1.86 bits per heavy atom. The predicted octanol–water partition coefficient (Wildman–Crippen LogP) is 2.30. The minimum atomic E-state index is -4.64. The summed E-state index contributed by atoms with van der Waals surface area (Å²) in [5, 5.41) is 4.17. The summed E-state index contributed by atoms with van der Waals surface area (Å²) >= 11 is 6.16. The molecular formula is C20H21ClF6N5O4+. The number of nitrogens with zero attached hydrogens (tertiary/aromatic N) is 4. The predicted molar refractivity (Wildman–Crippen MR) is 110 cm³/mol. The number of hydrogen-bond donors (Lipinski definition) is 1. The van der Waals surface area contributed by atoms with Crippen LogP contribution in [0, 0.1) is 17.5 Å². The molecule has 0 radical (unpaired) electrons. The van der Waals surface area contributed by atoms with Gasteiger partial charge in [0.2, 0.25) is 12.2 Å². The van der Waals surface area contributed by atoms with Gasteiger partial charge in [0, 0.05) is 23.2 Å². The van der Waals surface area contributed by atoms with Gasteiger partial charge in [0.25, 0.3) is 5.82 Å². The second-order valence-corrected chi connectivity index (χ2v) is 7.79. The average molecular weight is 545 g/mol.